The first kappa shape index (κ1) is 23.9. The molecule has 14 heteroatoms. The Hall–Kier alpha value is -1.35. The van der Waals surface area contributed by atoms with Gasteiger partial charge in [0.25, 0.3) is 5.56 Å². The molecule has 2 rings (SSSR count). The number of carbonyl (C=O) groups is 1. The number of hydrogen-bond donors (Lipinski definition) is 3. The Morgan fingerprint density at radius 3 is 2.90 bits per heavy atom. The Labute approximate surface area is 179 Å². The molecule has 4 atom stereocenters. The minimum absolute atomic E-state index is 0.0179. The first-order valence-electron chi connectivity index (χ1n) is 8.48. The first-order chi connectivity index (χ1) is 13.7. The van der Waals surface area contributed by atoms with Crippen LogP contribution in [0.15, 0.2) is 21.9 Å². The van der Waals surface area contributed by atoms with Crippen LogP contribution >= 0.6 is 30.8 Å². The highest BCUT2D eigenvalue weighted by Gasteiger charge is 2.41. The molecule has 29 heavy (non-hydrogen) atoms. The third-order valence-corrected chi connectivity index (χ3v) is 5.34. The van der Waals surface area contributed by atoms with E-state index < -0.39 is 43.4 Å². The molecule has 12 nitrogen and oxygen atoms in total. The van der Waals surface area contributed by atoms with Crippen LogP contribution in [0, 0.1) is 0 Å². The second-order valence-electron chi connectivity index (χ2n) is 5.91. The highest BCUT2D eigenvalue weighted by Crippen LogP contribution is 2.47. The van der Waals surface area contributed by atoms with Gasteiger partial charge in [0.1, 0.15) is 41.4 Å². The van der Waals surface area contributed by atoms with Gasteiger partial charge in [0.05, 0.1) is 12.2 Å². The van der Waals surface area contributed by atoms with E-state index in [1.807, 2.05) is 0 Å². The second kappa shape index (κ2) is 10.6. The van der Waals surface area contributed by atoms with Gasteiger partial charge in [0.15, 0.2) is 0 Å². The monoisotopic (exact) mass is 545 g/mol. The predicted molar refractivity (Wildman–Crippen MR) is 109 cm³/mol. The van der Waals surface area contributed by atoms with E-state index in [1.54, 1.807) is 29.9 Å². The van der Waals surface area contributed by atoms with Crippen molar-refractivity contribution in [3.63, 3.8) is 0 Å². The van der Waals surface area contributed by atoms with Gasteiger partial charge >= 0.3 is 13.5 Å². The molecule has 0 radical (unpaired) electrons. The second-order valence-corrected chi connectivity index (χ2v) is 8.05. The van der Waals surface area contributed by atoms with Crippen LogP contribution in [0.4, 0.5) is 0 Å². The lowest BCUT2D eigenvalue weighted by Crippen LogP contribution is -2.33. The van der Waals surface area contributed by atoms with Crippen molar-refractivity contribution in [2.45, 2.75) is 31.8 Å². The van der Waals surface area contributed by atoms with Crippen LogP contribution in [0.3, 0.4) is 0 Å². The van der Waals surface area contributed by atoms with Crippen LogP contribution in [0.5, 0.6) is 0 Å². The van der Waals surface area contributed by atoms with Gasteiger partial charge in [0, 0.05) is 32.3 Å². The summed E-state index contributed by atoms with van der Waals surface area (Å²) in [5, 5.41) is 2.54. The molecule has 1 saturated heterocycles. The summed E-state index contributed by atoms with van der Waals surface area (Å²) in [7, 11) is -3.27. The number of nitrogens with one attached hydrogen (secondary N) is 2. The van der Waals surface area contributed by atoms with Gasteiger partial charge in [-0.2, -0.15) is 0 Å². The number of amides is 1. The fourth-order valence-corrected chi connectivity index (χ4v) is 3.65. The van der Waals surface area contributed by atoms with E-state index in [-0.39, 0.29) is 18.6 Å². The average Bonchev–Trinajstić information content (AvgIpc) is 3.03. The van der Waals surface area contributed by atoms with Crippen LogP contribution in [-0.2, 0) is 26.2 Å². The van der Waals surface area contributed by atoms with Crippen molar-refractivity contribution in [2.75, 3.05) is 20.3 Å². The summed E-state index contributed by atoms with van der Waals surface area (Å²) in [6.07, 6.45) is 1.11. The SMILES string of the molecule is CCNC(=O)/C=C/c1cn(C2CC(OP(=O)(O)OC)C(COI)O2)c(=O)[nH]c1=O. The number of rotatable bonds is 9. The molecule has 3 N–H and O–H groups in total. The Bertz CT molecular complexity index is 915. The maximum atomic E-state index is 12.3. The number of likely N-dealkylation sites (N-methyl/N-ethyl adjacent to an activating group) is 1. The molecule has 1 amide bonds. The molecule has 0 spiro atoms. The van der Waals surface area contributed by atoms with Crippen molar-refractivity contribution in [3.05, 3.63) is 38.7 Å². The molecule has 0 aromatic carbocycles. The normalized spacial score (nSPS) is 23.9. The van der Waals surface area contributed by atoms with Crippen LogP contribution in [0.2, 0.25) is 0 Å². The quantitative estimate of drug-likeness (QED) is 0.228. The standard InChI is InChI=1S/C15H21IN3O9P/c1-3-17-12(20)5-4-9-7-19(15(22)18-14(9)21)13-6-10(11(27-13)8-26-16)28-29(23,24)25-2/h4-5,7,10-11,13H,3,6,8H2,1-2H3,(H,17,20)(H,23,24)(H,18,21,22)/b5-4+. The minimum atomic E-state index is -4.30. The Kier molecular flexibility index (Phi) is 8.75. The fourth-order valence-electron chi connectivity index (χ4n) is 2.64. The Morgan fingerprint density at radius 1 is 1.55 bits per heavy atom. The zero-order valence-corrected chi connectivity index (χ0v) is 18.6. The van der Waals surface area contributed by atoms with Gasteiger partial charge in [-0.1, -0.05) is 0 Å². The maximum Gasteiger partial charge on any atom is 0.472 e. The first-order valence-corrected chi connectivity index (χ1v) is 10.9. The van der Waals surface area contributed by atoms with Gasteiger partial charge < -0.3 is 18.0 Å². The Balaban J connectivity index is 2.30. The molecular weight excluding hydrogens is 524 g/mol. The largest absolute Gasteiger partial charge is 0.472 e. The summed E-state index contributed by atoms with van der Waals surface area (Å²) < 4.78 is 33.1. The predicted octanol–water partition coefficient (Wildman–Crippen LogP) is 0.472. The fraction of sp³-hybridized carbons (Fsp3) is 0.533. The van der Waals surface area contributed by atoms with Crippen molar-refractivity contribution in [1.82, 2.24) is 14.9 Å². The molecular formula is C15H21IN3O9P. The van der Waals surface area contributed by atoms with Gasteiger partial charge in [-0.25, -0.2) is 9.36 Å². The molecule has 1 aliphatic heterocycles. The van der Waals surface area contributed by atoms with Crippen molar-refractivity contribution in [2.24, 2.45) is 0 Å². The van der Waals surface area contributed by atoms with Crippen molar-refractivity contribution >= 4 is 42.8 Å². The number of phosphoric ester groups is 1. The molecule has 1 aromatic heterocycles. The molecule has 1 aliphatic rings. The highest BCUT2D eigenvalue weighted by molar-refractivity contribution is 14.1. The molecule has 0 saturated carbocycles. The zero-order chi connectivity index (χ0) is 21.6. The highest BCUT2D eigenvalue weighted by atomic mass is 127. The van der Waals surface area contributed by atoms with Crippen molar-refractivity contribution in [3.8, 4) is 0 Å². The van der Waals surface area contributed by atoms with E-state index in [2.05, 4.69) is 14.8 Å². The van der Waals surface area contributed by atoms with Gasteiger partial charge in [-0.3, -0.25) is 28.2 Å². The molecule has 162 valence electrons. The summed E-state index contributed by atoms with van der Waals surface area (Å²) in [5.74, 6) is -0.396. The van der Waals surface area contributed by atoms with Crippen molar-refractivity contribution < 1.29 is 31.1 Å². The van der Waals surface area contributed by atoms with Crippen molar-refractivity contribution in [1.29, 1.82) is 0 Å². The lowest BCUT2D eigenvalue weighted by Gasteiger charge is -2.19. The third-order valence-electron chi connectivity index (χ3n) is 3.98. The summed E-state index contributed by atoms with van der Waals surface area (Å²) in [6.45, 7) is 2.19. The summed E-state index contributed by atoms with van der Waals surface area (Å²) in [4.78, 5) is 47.5. The number of nitrogens with zero attached hydrogens (tertiary/aromatic N) is 1. The maximum absolute atomic E-state index is 12.3. The number of aromatic amines is 1. The molecule has 1 fully saturated rings. The van der Waals surface area contributed by atoms with E-state index in [4.69, 9.17) is 12.3 Å². The van der Waals surface area contributed by atoms with Crippen LogP contribution in [-0.4, -0.2) is 52.8 Å². The molecule has 0 aliphatic carbocycles. The van der Waals surface area contributed by atoms with E-state index in [0.29, 0.717) is 6.54 Å². The van der Waals surface area contributed by atoms with Gasteiger partial charge in [0.2, 0.25) is 5.91 Å². The summed E-state index contributed by atoms with van der Waals surface area (Å²) in [6, 6.07) is 0. The third kappa shape index (κ3) is 6.57. The number of hydrogen-bond acceptors (Lipinski definition) is 8. The molecule has 1 aromatic rings. The van der Waals surface area contributed by atoms with Crippen LogP contribution < -0.4 is 16.6 Å². The lowest BCUT2D eigenvalue weighted by atomic mass is 10.2. The number of ether oxygens (including phenoxy) is 1. The topological polar surface area (TPSA) is 158 Å². The van der Waals surface area contributed by atoms with E-state index >= 15 is 0 Å². The number of halogens is 1. The number of aromatic nitrogens is 2. The average molecular weight is 545 g/mol. The molecule has 4 unspecified atom stereocenters. The van der Waals surface area contributed by atoms with Crippen LogP contribution in [0.25, 0.3) is 6.08 Å². The van der Waals surface area contributed by atoms with E-state index in [0.717, 1.165) is 17.8 Å². The van der Waals surface area contributed by atoms with Gasteiger partial charge in [-0.05, 0) is 13.0 Å². The van der Waals surface area contributed by atoms with E-state index in [1.165, 1.54) is 12.3 Å². The Morgan fingerprint density at radius 2 is 2.28 bits per heavy atom. The zero-order valence-electron chi connectivity index (χ0n) is 15.6. The lowest BCUT2D eigenvalue weighted by molar-refractivity contribution is -0.116. The number of H-pyrrole nitrogens is 1. The summed E-state index contributed by atoms with van der Waals surface area (Å²) in [5.41, 5.74) is -1.37. The smallest absolute Gasteiger partial charge is 0.353 e. The van der Waals surface area contributed by atoms with Crippen LogP contribution in [0.1, 0.15) is 25.1 Å². The summed E-state index contributed by atoms with van der Waals surface area (Å²) >= 11 is 1.63. The van der Waals surface area contributed by atoms with Gasteiger partial charge in [-0.15, -0.1) is 0 Å². The molecule has 0 bridgehead atoms. The minimum Gasteiger partial charge on any atom is -0.353 e. The molecule has 2 heterocycles. The number of carbonyl (C=O) groups excluding carboxylic acids is 1. The van der Waals surface area contributed by atoms with E-state index in [9.17, 15) is 23.8 Å². The number of phosphoric acid groups is 1.